The molecule has 9 heteroatoms. The summed E-state index contributed by atoms with van der Waals surface area (Å²) in [6.45, 7) is 3.89. The first-order valence-corrected chi connectivity index (χ1v) is 10.0. The highest BCUT2D eigenvalue weighted by Gasteiger charge is 2.13. The summed E-state index contributed by atoms with van der Waals surface area (Å²) in [4.78, 5) is 22.6. The van der Waals surface area contributed by atoms with Gasteiger partial charge in [-0.15, -0.1) is 0 Å². The summed E-state index contributed by atoms with van der Waals surface area (Å²) in [5, 5.41) is 17.7. The number of hydrogen-bond acceptors (Lipinski definition) is 8. The Morgan fingerprint density at radius 1 is 1.06 bits per heavy atom. The molecule has 0 radical (unpaired) electrons. The van der Waals surface area contributed by atoms with Crippen molar-refractivity contribution in [1.82, 2.24) is 15.3 Å². The zero-order chi connectivity index (χ0) is 21.6. The van der Waals surface area contributed by atoms with Crippen molar-refractivity contribution in [1.29, 1.82) is 5.41 Å². The third kappa shape index (κ3) is 4.96. The van der Waals surface area contributed by atoms with Crippen molar-refractivity contribution < 1.29 is 4.79 Å². The summed E-state index contributed by atoms with van der Waals surface area (Å²) < 4.78 is 0. The summed E-state index contributed by atoms with van der Waals surface area (Å²) in [6, 6.07) is 16.9. The molecule has 1 saturated heterocycles. The van der Waals surface area contributed by atoms with E-state index in [9.17, 15) is 4.79 Å². The molecule has 0 atom stereocenters. The Kier molecular flexibility index (Phi) is 6.04. The van der Waals surface area contributed by atoms with E-state index in [-0.39, 0.29) is 5.71 Å². The van der Waals surface area contributed by atoms with Crippen molar-refractivity contribution in [3.63, 3.8) is 0 Å². The van der Waals surface area contributed by atoms with Crippen LogP contribution in [0.15, 0.2) is 60.8 Å². The highest BCUT2D eigenvalue weighted by atomic mass is 16.1. The van der Waals surface area contributed by atoms with Gasteiger partial charge in [-0.1, -0.05) is 24.3 Å². The van der Waals surface area contributed by atoms with Gasteiger partial charge in [-0.25, -0.2) is 4.98 Å². The Morgan fingerprint density at radius 2 is 1.87 bits per heavy atom. The first kappa shape index (κ1) is 20.3. The molecule has 31 heavy (non-hydrogen) atoms. The van der Waals surface area contributed by atoms with Gasteiger partial charge in [0.05, 0.1) is 0 Å². The molecule has 1 aliphatic heterocycles. The van der Waals surface area contributed by atoms with E-state index in [1.807, 2.05) is 18.2 Å². The summed E-state index contributed by atoms with van der Waals surface area (Å²) in [6.07, 6.45) is 1.64. The minimum Gasteiger partial charge on any atom is -0.369 e. The fraction of sp³-hybridized carbons (Fsp3) is 0.182. The lowest BCUT2D eigenvalue weighted by Gasteiger charge is -2.29. The standard InChI is InChI=1S/C22H24N8O/c23-20(21(24)31)17-6-1-2-7-18(17)28-19-8-9-26-22(29-19)27-15-4-3-5-16(14-15)30-12-10-25-11-13-30/h1-9,14,23,25H,10-13H2,(H2,24,31)(H2,26,27,28,29). The van der Waals surface area contributed by atoms with Crippen molar-refractivity contribution in [2.24, 2.45) is 5.73 Å². The molecule has 158 valence electrons. The van der Waals surface area contributed by atoms with Crippen LogP contribution in [0.3, 0.4) is 0 Å². The van der Waals surface area contributed by atoms with Crippen LogP contribution in [-0.4, -0.2) is 47.8 Å². The van der Waals surface area contributed by atoms with Crippen molar-refractivity contribution in [3.05, 3.63) is 66.4 Å². The number of rotatable bonds is 7. The lowest BCUT2D eigenvalue weighted by molar-refractivity contribution is -0.112. The Labute approximate surface area is 180 Å². The second-order valence-electron chi connectivity index (χ2n) is 7.09. The van der Waals surface area contributed by atoms with Gasteiger partial charge in [-0.3, -0.25) is 10.2 Å². The zero-order valence-electron chi connectivity index (χ0n) is 16.9. The number of hydrogen-bond donors (Lipinski definition) is 5. The van der Waals surface area contributed by atoms with Crippen LogP contribution in [0.2, 0.25) is 0 Å². The minimum atomic E-state index is -0.788. The van der Waals surface area contributed by atoms with E-state index in [2.05, 4.69) is 43.0 Å². The third-order valence-corrected chi connectivity index (χ3v) is 4.95. The maximum absolute atomic E-state index is 11.4. The molecule has 1 aromatic heterocycles. The monoisotopic (exact) mass is 416 g/mol. The van der Waals surface area contributed by atoms with Gasteiger partial charge < -0.3 is 26.6 Å². The van der Waals surface area contributed by atoms with Gasteiger partial charge >= 0.3 is 0 Å². The van der Waals surface area contributed by atoms with Crippen molar-refractivity contribution in [2.45, 2.75) is 0 Å². The molecule has 9 nitrogen and oxygen atoms in total. The lowest BCUT2D eigenvalue weighted by atomic mass is 10.1. The zero-order valence-corrected chi connectivity index (χ0v) is 16.9. The molecule has 0 saturated carbocycles. The number of primary amides is 1. The summed E-state index contributed by atoms with van der Waals surface area (Å²) in [5.74, 6) is 0.175. The maximum Gasteiger partial charge on any atom is 0.267 e. The third-order valence-electron chi connectivity index (χ3n) is 4.95. The Morgan fingerprint density at radius 3 is 2.68 bits per heavy atom. The summed E-state index contributed by atoms with van der Waals surface area (Å²) in [7, 11) is 0. The number of aromatic nitrogens is 2. The lowest BCUT2D eigenvalue weighted by Crippen LogP contribution is -2.43. The van der Waals surface area contributed by atoms with Crippen molar-refractivity contribution >= 4 is 40.4 Å². The van der Waals surface area contributed by atoms with Crippen LogP contribution in [-0.2, 0) is 4.79 Å². The molecule has 3 aromatic rings. The number of nitrogens with two attached hydrogens (primary N) is 1. The van der Waals surface area contributed by atoms with Gasteiger partial charge in [0.25, 0.3) is 5.91 Å². The number of amides is 1. The average Bonchev–Trinajstić information content (AvgIpc) is 2.80. The number of carbonyl (C=O) groups is 1. The van der Waals surface area contributed by atoms with E-state index in [0.717, 1.165) is 37.6 Å². The first-order chi connectivity index (χ1) is 15.1. The van der Waals surface area contributed by atoms with Crippen molar-refractivity contribution in [3.8, 4) is 0 Å². The van der Waals surface area contributed by atoms with Crippen LogP contribution < -0.4 is 26.6 Å². The van der Waals surface area contributed by atoms with Gasteiger partial charge in [-0.05, 0) is 30.3 Å². The molecule has 0 spiro atoms. The number of para-hydroxylation sites is 1. The maximum atomic E-state index is 11.4. The smallest absolute Gasteiger partial charge is 0.267 e. The molecular weight excluding hydrogens is 392 g/mol. The highest BCUT2D eigenvalue weighted by Crippen LogP contribution is 2.24. The topological polar surface area (TPSA) is 132 Å². The van der Waals surface area contributed by atoms with Gasteiger partial charge in [0, 0.05) is 55.0 Å². The molecule has 2 aromatic carbocycles. The van der Waals surface area contributed by atoms with Crippen LogP contribution in [0, 0.1) is 5.41 Å². The fourth-order valence-electron chi connectivity index (χ4n) is 3.40. The van der Waals surface area contributed by atoms with Crippen LogP contribution in [0.5, 0.6) is 0 Å². The number of anilines is 5. The summed E-state index contributed by atoms with van der Waals surface area (Å²) >= 11 is 0. The van der Waals surface area contributed by atoms with Gasteiger partial charge in [0.2, 0.25) is 5.95 Å². The highest BCUT2D eigenvalue weighted by molar-refractivity contribution is 6.44. The average molecular weight is 416 g/mol. The van der Waals surface area contributed by atoms with Gasteiger partial charge in [-0.2, -0.15) is 4.98 Å². The molecule has 1 fully saturated rings. The molecule has 0 aliphatic carbocycles. The van der Waals surface area contributed by atoms with Crippen LogP contribution in [0.1, 0.15) is 5.56 Å². The molecular formula is C22H24N8O. The molecule has 2 heterocycles. The number of nitrogens with zero attached hydrogens (tertiary/aromatic N) is 3. The van der Waals surface area contributed by atoms with E-state index in [1.54, 1.807) is 30.5 Å². The van der Waals surface area contributed by atoms with Crippen LogP contribution in [0.25, 0.3) is 0 Å². The second kappa shape index (κ2) is 9.23. The van der Waals surface area contributed by atoms with Crippen molar-refractivity contribution in [2.75, 3.05) is 41.7 Å². The molecule has 6 N–H and O–H groups in total. The predicted molar refractivity (Wildman–Crippen MR) is 123 cm³/mol. The molecule has 0 bridgehead atoms. The van der Waals surface area contributed by atoms with Crippen LogP contribution >= 0.6 is 0 Å². The second-order valence-corrected chi connectivity index (χ2v) is 7.09. The largest absolute Gasteiger partial charge is 0.369 e. The Bertz CT molecular complexity index is 1090. The molecule has 0 unspecified atom stereocenters. The SMILES string of the molecule is N=C(C(N)=O)c1ccccc1Nc1ccnc(Nc2cccc(N3CCNCC3)c2)n1. The first-order valence-electron chi connectivity index (χ1n) is 10.0. The number of carbonyl (C=O) groups excluding carboxylic acids is 1. The van der Waals surface area contributed by atoms with E-state index in [4.69, 9.17) is 11.1 Å². The predicted octanol–water partition coefficient (Wildman–Crippen LogP) is 2.23. The van der Waals surface area contributed by atoms with Gasteiger partial charge in [0.15, 0.2) is 0 Å². The number of piperazine rings is 1. The van der Waals surface area contributed by atoms with E-state index >= 15 is 0 Å². The molecule has 1 amide bonds. The van der Waals surface area contributed by atoms with Crippen LogP contribution in [0.4, 0.5) is 28.8 Å². The molecule has 1 aliphatic rings. The van der Waals surface area contributed by atoms with E-state index < -0.39 is 5.91 Å². The fourth-order valence-corrected chi connectivity index (χ4v) is 3.40. The Hall–Kier alpha value is -3.98. The van der Waals surface area contributed by atoms with E-state index in [0.29, 0.717) is 23.0 Å². The quantitative estimate of drug-likeness (QED) is 0.373. The minimum absolute atomic E-state index is 0.264. The van der Waals surface area contributed by atoms with E-state index in [1.165, 1.54) is 0 Å². The van der Waals surface area contributed by atoms with Gasteiger partial charge in [0.1, 0.15) is 11.5 Å². The normalized spacial score (nSPS) is 13.5. The number of benzene rings is 2. The Balaban J connectivity index is 1.51. The summed E-state index contributed by atoms with van der Waals surface area (Å²) in [5.41, 5.74) is 8.03. The number of nitrogens with one attached hydrogen (secondary N) is 4. The molecule has 4 rings (SSSR count).